The number of nitro groups is 1. The maximum absolute atomic E-state index is 11.2. The maximum Gasteiger partial charge on any atom is 0.314 e. The largest absolute Gasteiger partial charge is 0.395 e. The smallest absolute Gasteiger partial charge is 0.314 e. The van der Waals surface area contributed by atoms with E-state index in [0.717, 1.165) is 25.7 Å². The third kappa shape index (κ3) is 2.84. The molecule has 19 heavy (non-hydrogen) atoms. The molecule has 0 atom stereocenters. The van der Waals surface area contributed by atoms with Crippen LogP contribution in [0.3, 0.4) is 0 Å². The van der Waals surface area contributed by atoms with Crippen LogP contribution in [0.1, 0.15) is 31.2 Å². The Labute approximate surface area is 112 Å². The Bertz CT molecular complexity index is 458. The molecule has 1 N–H and O–H groups in total. The Morgan fingerprint density at radius 1 is 1.53 bits per heavy atom. The number of hydrogen-bond acceptors (Lipinski definition) is 5. The number of aliphatic hydroxyl groups excluding tert-OH is 1. The van der Waals surface area contributed by atoms with Crippen molar-refractivity contribution < 1.29 is 10.0 Å². The third-order valence-corrected chi connectivity index (χ3v) is 3.67. The van der Waals surface area contributed by atoms with Crippen LogP contribution in [-0.4, -0.2) is 34.2 Å². The lowest BCUT2D eigenvalue weighted by Crippen LogP contribution is -2.36. The Hall–Kier alpha value is -1.69. The standard InChI is InChI=1S/C13H19N3O3/c1-10-6-7-14-13(12(10)16(18)19)15(8-9-17)11-4-2-3-5-11/h6-7,11,17H,2-5,8-9H2,1H3. The highest BCUT2D eigenvalue weighted by atomic mass is 16.6. The second-order valence-electron chi connectivity index (χ2n) is 4.91. The normalized spacial score (nSPS) is 15.7. The van der Waals surface area contributed by atoms with E-state index in [2.05, 4.69) is 4.98 Å². The van der Waals surface area contributed by atoms with Crippen LogP contribution in [0.15, 0.2) is 12.3 Å². The van der Waals surface area contributed by atoms with Crippen LogP contribution in [0.4, 0.5) is 11.5 Å². The molecule has 1 heterocycles. The van der Waals surface area contributed by atoms with Gasteiger partial charge >= 0.3 is 5.69 Å². The summed E-state index contributed by atoms with van der Waals surface area (Å²) in [5.74, 6) is 0.394. The predicted octanol–water partition coefficient (Wildman–Crippen LogP) is 2.04. The molecule has 0 bridgehead atoms. The average Bonchev–Trinajstić information content (AvgIpc) is 2.88. The summed E-state index contributed by atoms with van der Waals surface area (Å²) in [5, 5.41) is 20.5. The summed E-state index contributed by atoms with van der Waals surface area (Å²) < 4.78 is 0. The van der Waals surface area contributed by atoms with Gasteiger partial charge in [0.1, 0.15) is 0 Å². The van der Waals surface area contributed by atoms with Gasteiger partial charge < -0.3 is 10.0 Å². The van der Waals surface area contributed by atoms with E-state index in [4.69, 9.17) is 0 Å². The molecule has 0 amide bonds. The SMILES string of the molecule is Cc1ccnc(N(CCO)C2CCCC2)c1[N+](=O)[O-]. The fraction of sp³-hybridized carbons (Fsp3) is 0.615. The molecule has 1 aliphatic rings. The van der Waals surface area contributed by atoms with Gasteiger partial charge in [-0.15, -0.1) is 0 Å². The number of pyridine rings is 1. The van der Waals surface area contributed by atoms with Gasteiger partial charge in [0.15, 0.2) is 0 Å². The van der Waals surface area contributed by atoms with Gasteiger partial charge in [-0.3, -0.25) is 10.1 Å². The number of aromatic nitrogens is 1. The lowest BCUT2D eigenvalue weighted by molar-refractivity contribution is -0.384. The van der Waals surface area contributed by atoms with Crippen molar-refractivity contribution in [2.24, 2.45) is 0 Å². The zero-order valence-corrected chi connectivity index (χ0v) is 11.1. The van der Waals surface area contributed by atoms with Crippen LogP contribution in [0.5, 0.6) is 0 Å². The van der Waals surface area contributed by atoms with Crippen molar-refractivity contribution in [2.45, 2.75) is 38.6 Å². The first-order valence-electron chi connectivity index (χ1n) is 6.62. The number of rotatable bonds is 5. The zero-order valence-electron chi connectivity index (χ0n) is 11.1. The number of anilines is 1. The average molecular weight is 265 g/mol. The highest BCUT2D eigenvalue weighted by Gasteiger charge is 2.29. The maximum atomic E-state index is 11.2. The lowest BCUT2D eigenvalue weighted by atomic mass is 10.1. The van der Waals surface area contributed by atoms with Crippen molar-refractivity contribution in [3.63, 3.8) is 0 Å². The summed E-state index contributed by atoms with van der Waals surface area (Å²) in [5.41, 5.74) is 0.666. The molecule has 1 aliphatic carbocycles. The second-order valence-corrected chi connectivity index (χ2v) is 4.91. The van der Waals surface area contributed by atoms with E-state index in [9.17, 15) is 15.2 Å². The summed E-state index contributed by atoms with van der Waals surface area (Å²) >= 11 is 0. The van der Waals surface area contributed by atoms with E-state index in [1.54, 1.807) is 19.2 Å². The highest BCUT2D eigenvalue weighted by Crippen LogP contribution is 2.34. The first-order chi connectivity index (χ1) is 9.15. The van der Waals surface area contributed by atoms with Crippen LogP contribution >= 0.6 is 0 Å². The molecule has 6 nitrogen and oxygen atoms in total. The van der Waals surface area contributed by atoms with E-state index in [0.29, 0.717) is 17.9 Å². The summed E-state index contributed by atoms with van der Waals surface area (Å²) in [7, 11) is 0. The monoisotopic (exact) mass is 265 g/mol. The summed E-state index contributed by atoms with van der Waals surface area (Å²) in [6.45, 7) is 2.08. The fourth-order valence-electron chi connectivity index (χ4n) is 2.76. The molecule has 2 rings (SSSR count). The van der Waals surface area contributed by atoms with Crippen molar-refractivity contribution in [1.29, 1.82) is 0 Å². The lowest BCUT2D eigenvalue weighted by Gasteiger charge is -2.29. The van der Waals surface area contributed by atoms with Gasteiger partial charge in [0.05, 0.1) is 11.5 Å². The molecule has 1 saturated carbocycles. The minimum Gasteiger partial charge on any atom is -0.395 e. The molecule has 6 heteroatoms. The number of nitrogens with zero attached hydrogens (tertiary/aromatic N) is 3. The molecule has 0 spiro atoms. The van der Waals surface area contributed by atoms with E-state index in [1.165, 1.54) is 0 Å². The molecule has 0 aliphatic heterocycles. The van der Waals surface area contributed by atoms with Crippen molar-refractivity contribution >= 4 is 11.5 Å². The van der Waals surface area contributed by atoms with Crippen molar-refractivity contribution in [2.75, 3.05) is 18.1 Å². The van der Waals surface area contributed by atoms with Crippen LogP contribution < -0.4 is 4.90 Å². The molecular weight excluding hydrogens is 246 g/mol. The minimum atomic E-state index is -0.378. The molecule has 1 aromatic rings. The summed E-state index contributed by atoms with van der Waals surface area (Å²) in [4.78, 5) is 17.0. The van der Waals surface area contributed by atoms with Crippen LogP contribution in [0, 0.1) is 17.0 Å². The molecule has 1 fully saturated rings. The Morgan fingerprint density at radius 3 is 2.79 bits per heavy atom. The Morgan fingerprint density at radius 2 is 2.21 bits per heavy atom. The topological polar surface area (TPSA) is 79.5 Å². The van der Waals surface area contributed by atoms with Gasteiger partial charge in [-0.1, -0.05) is 12.8 Å². The van der Waals surface area contributed by atoms with Gasteiger partial charge in [0.2, 0.25) is 5.82 Å². The number of hydrogen-bond donors (Lipinski definition) is 1. The van der Waals surface area contributed by atoms with E-state index in [1.807, 2.05) is 4.90 Å². The number of aryl methyl sites for hydroxylation is 1. The minimum absolute atomic E-state index is 0.0245. The Balaban J connectivity index is 2.40. The molecule has 0 radical (unpaired) electrons. The molecular formula is C13H19N3O3. The van der Waals surface area contributed by atoms with Gasteiger partial charge in [-0.2, -0.15) is 0 Å². The van der Waals surface area contributed by atoms with E-state index < -0.39 is 0 Å². The van der Waals surface area contributed by atoms with Gasteiger partial charge in [0, 0.05) is 24.3 Å². The first-order valence-corrected chi connectivity index (χ1v) is 6.62. The quantitative estimate of drug-likeness (QED) is 0.651. The van der Waals surface area contributed by atoms with Crippen molar-refractivity contribution in [3.05, 3.63) is 27.9 Å². The highest BCUT2D eigenvalue weighted by molar-refractivity contribution is 5.62. The third-order valence-electron chi connectivity index (χ3n) is 3.67. The van der Waals surface area contributed by atoms with Crippen LogP contribution in [-0.2, 0) is 0 Å². The van der Waals surface area contributed by atoms with Crippen LogP contribution in [0.25, 0.3) is 0 Å². The van der Waals surface area contributed by atoms with Gasteiger partial charge in [-0.05, 0) is 25.8 Å². The van der Waals surface area contributed by atoms with Crippen molar-refractivity contribution in [3.8, 4) is 0 Å². The summed E-state index contributed by atoms with van der Waals surface area (Å²) in [6.07, 6.45) is 5.87. The van der Waals surface area contributed by atoms with Crippen LogP contribution in [0.2, 0.25) is 0 Å². The molecule has 0 saturated heterocycles. The first kappa shape index (κ1) is 13.7. The molecule has 0 unspecified atom stereocenters. The molecule has 104 valence electrons. The van der Waals surface area contributed by atoms with Crippen molar-refractivity contribution in [1.82, 2.24) is 4.98 Å². The molecule has 1 aromatic heterocycles. The van der Waals surface area contributed by atoms with E-state index in [-0.39, 0.29) is 23.3 Å². The molecule has 0 aromatic carbocycles. The van der Waals surface area contributed by atoms with Gasteiger partial charge in [0.25, 0.3) is 0 Å². The van der Waals surface area contributed by atoms with E-state index >= 15 is 0 Å². The zero-order chi connectivity index (χ0) is 13.8. The predicted molar refractivity (Wildman–Crippen MR) is 72.3 cm³/mol. The summed E-state index contributed by atoms with van der Waals surface area (Å²) in [6, 6.07) is 1.90. The second kappa shape index (κ2) is 5.97. The van der Waals surface area contributed by atoms with Gasteiger partial charge in [-0.25, -0.2) is 4.98 Å². The number of aliphatic hydroxyl groups is 1. The Kier molecular flexibility index (Phi) is 4.31. The fourth-order valence-corrected chi connectivity index (χ4v) is 2.76.